The van der Waals surface area contributed by atoms with Gasteiger partial charge in [0.15, 0.2) is 0 Å². The highest BCUT2D eigenvalue weighted by Crippen LogP contribution is 2.40. The molecule has 5 heteroatoms. The van der Waals surface area contributed by atoms with E-state index in [1.807, 2.05) is 4.90 Å². The van der Waals surface area contributed by atoms with Crippen LogP contribution < -0.4 is 0 Å². The van der Waals surface area contributed by atoms with Crippen LogP contribution in [0.2, 0.25) is 0 Å². The van der Waals surface area contributed by atoms with Crippen molar-refractivity contribution < 1.29 is 14.4 Å². The zero-order valence-electron chi connectivity index (χ0n) is 14.1. The first-order valence-corrected chi connectivity index (χ1v) is 8.78. The lowest BCUT2D eigenvalue weighted by Crippen LogP contribution is -2.42. The summed E-state index contributed by atoms with van der Waals surface area (Å²) < 4.78 is 0. The summed E-state index contributed by atoms with van der Waals surface area (Å²) in [6.07, 6.45) is 5.80. The molecular formula is C19H22N2O3. The van der Waals surface area contributed by atoms with E-state index in [0.717, 1.165) is 17.7 Å². The van der Waals surface area contributed by atoms with E-state index in [4.69, 9.17) is 0 Å². The van der Waals surface area contributed by atoms with E-state index < -0.39 is 0 Å². The molecule has 24 heavy (non-hydrogen) atoms. The van der Waals surface area contributed by atoms with Crippen molar-refractivity contribution in [2.45, 2.75) is 51.1 Å². The van der Waals surface area contributed by atoms with Crippen LogP contribution in [-0.2, 0) is 0 Å². The molecule has 2 fully saturated rings. The molecule has 0 radical (unpaired) electrons. The van der Waals surface area contributed by atoms with Gasteiger partial charge in [-0.3, -0.25) is 19.3 Å². The Hall–Kier alpha value is -2.17. The minimum atomic E-state index is -0.324. The fraction of sp³-hybridized carbons (Fsp3) is 0.526. The second-order valence-electron chi connectivity index (χ2n) is 7.34. The second kappa shape index (κ2) is 5.43. The number of rotatable bonds is 1. The van der Waals surface area contributed by atoms with Crippen molar-refractivity contribution in [1.82, 2.24) is 9.80 Å². The quantitative estimate of drug-likeness (QED) is 0.746. The van der Waals surface area contributed by atoms with Crippen molar-refractivity contribution in [2.24, 2.45) is 5.92 Å². The molecule has 0 spiro atoms. The predicted octanol–water partition coefficient (Wildman–Crippen LogP) is 2.71. The Morgan fingerprint density at radius 2 is 1.79 bits per heavy atom. The molecule has 3 atom stereocenters. The van der Waals surface area contributed by atoms with Gasteiger partial charge < -0.3 is 4.90 Å². The maximum Gasteiger partial charge on any atom is 0.261 e. The number of likely N-dealkylation sites (tertiary alicyclic amines) is 1. The lowest BCUT2D eigenvalue weighted by Gasteiger charge is -2.33. The monoisotopic (exact) mass is 326 g/mol. The Bertz CT molecular complexity index is 742. The van der Waals surface area contributed by atoms with Gasteiger partial charge in [0.1, 0.15) is 0 Å². The van der Waals surface area contributed by atoms with E-state index in [9.17, 15) is 14.4 Å². The first kappa shape index (κ1) is 15.4. The van der Waals surface area contributed by atoms with Gasteiger partial charge in [0.2, 0.25) is 0 Å². The second-order valence-corrected chi connectivity index (χ2v) is 7.34. The van der Waals surface area contributed by atoms with Gasteiger partial charge in [0, 0.05) is 24.7 Å². The molecule has 1 saturated heterocycles. The summed E-state index contributed by atoms with van der Waals surface area (Å²) in [6.45, 7) is 2.12. The van der Waals surface area contributed by atoms with E-state index >= 15 is 0 Å². The van der Waals surface area contributed by atoms with E-state index in [1.54, 1.807) is 18.2 Å². The molecule has 0 N–H and O–H groups in total. The van der Waals surface area contributed by atoms with Crippen molar-refractivity contribution in [3.63, 3.8) is 0 Å². The molecule has 4 rings (SSSR count). The molecule has 5 nitrogen and oxygen atoms in total. The van der Waals surface area contributed by atoms with E-state index in [2.05, 4.69) is 6.92 Å². The van der Waals surface area contributed by atoms with Crippen LogP contribution >= 0.6 is 0 Å². The number of hydrogen-bond acceptors (Lipinski definition) is 3. The zero-order chi connectivity index (χ0) is 17.0. The highest BCUT2D eigenvalue weighted by atomic mass is 16.2. The topological polar surface area (TPSA) is 57.7 Å². The first-order valence-electron chi connectivity index (χ1n) is 8.78. The largest absolute Gasteiger partial charge is 0.333 e. The van der Waals surface area contributed by atoms with Crippen LogP contribution in [0.25, 0.3) is 0 Å². The maximum absolute atomic E-state index is 13.1. The Kier molecular flexibility index (Phi) is 3.48. The number of amides is 3. The molecule has 1 saturated carbocycles. The number of benzene rings is 1. The van der Waals surface area contributed by atoms with Gasteiger partial charge in [-0.2, -0.15) is 0 Å². The maximum atomic E-state index is 13.1. The molecular weight excluding hydrogens is 304 g/mol. The molecule has 0 aromatic heterocycles. The summed E-state index contributed by atoms with van der Waals surface area (Å²) in [5.41, 5.74) is 1.26. The average molecular weight is 326 g/mol. The molecule has 0 bridgehead atoms. The third-order valence-electron chi connectivity index (χ3n) is 5.92. The van der Waals surface area contributed by atoms with Crippen LogP contribution in [-0.4, -0.2) is 46.7 Å². The number of fused-ring (bicyclic) bond motifs is 2. The minimum Gasteiger partial charge on any atom is -0.333 e. The van der Waals surface area contributed by atoms with Crippen molar-refractivity contribution >= 4 is 17.7 Å². The zero-order valence-corrected chi connectivity index (χ0v) is 14.1. The minimum absolute atomic E-state index is 0.00509. The third-order valence-corrected chi connectivity index (χ3v) is 5.92. The highest BCUT2D eigenvalue weighted by molar-refractivity contribution is 6.21. The average Bonchev–Trinajstić information content (AvgIpc) is 3.03. The summed E-state index contributed by atoms with van der Waals surface area (Å²) in [5, 5.41) is 0. The lowest BCUT2D eigenvalue weighted by molar-refractivity contribution is 0.0632. The van der Waals surface area contributed by atoms with Crippen LogP contribution in [0.5, 0.6) is 0 Å². The number of carbonyl (C=O) groups excluding carboxylic acids is 3. The first-order chi connectivity index (χ1) is 11.5. The Morgan fingerprint density at radius 3 is 2.58 bits per heavy atom. The number of nitrogens with zero attached hydrogens (tertiary/aromatic N) is 2. The molecule has 0 unspecified atom stereocenters. The van der Waals surface area contributed by atoms with E-state index in [1.165, 1.54) is 26.3 Å². The molecule has 1 aliphatic carbocycles. The third kappa shape index (κ3) is 2.10. The Balaban J connectivity index is 1.66. The lowest BCUT2D eigenvalue weighted by atomic mass is 9.85. The number of hydrogen-bond donors (Lipinski definition) is 0. The fourth-order valence-corrected chi connectivity index (χ4v) is 4.70. The van der Waals surface area contributed by atoms with Crippen LogP contribution in [0.1, 0.15) is 70.1 Å². The van der Waals surface area contributed by atoms with Crippen LogP contribution in [0, 0.1) is 5.92 Å². The van der Waals surface area contributed by atoms with Gasteiger partial charge in [0.25, 0.3) is 17.7 Å². The Morgan fingerprint density at radius 1 is 1.08 bits per heavy atom. The molecule has 1 aromatic rings. The van der Waals surface area contributed by atoms with E-state index in [0.29, 0.717) is 28.7 Å². The number of carbonyl (C=O) groups is 3. The van der Waals surface area contributed by atoms with Gasteiger partial charge >= 0.3 is 0 Å². The summed E-state index contributed by atoms with van der Waals surface area (Å²) in [7, 11) is 1.47. The van der Waals surface area contributed by atoms with E-state index in [-0.39, 0.29) is 23.8 Å². The van der Waals surface area contributed by atoms with Crippen molar-refractivity contribution in [3.05, 3.63) is 34.9 Å². The van der Waals surface area contributed by atoms with Crippen molar-refractivity contribution in [2.75, 3.05) is 7.05 Å². The predicted molar refractivity (Wildman–Crippen MR) is 88.9 cm³/mol. The molecule has 1 aromatic carbocycles. The van der Waals surface area contributed by atoms with Crippen LogP contribution in [0.15, 0.2) is 18.2 Å². The highest BCUT2D eigenvalue weighted by Gasteiger charge is 2.43. The summed E-state index contributed by atoms with van der Waals surface area (Å²) in [4.78, 5) is 40.4. The standard InChI is InChI=1S/C19H22N2O3/c1-11-9-12-5-3-4-6-16(12)21(11)17(22)13-7-8-14-15(10-13)19(24)20(2)18(14)23/h7-8,10-12,16H,3-6,9H2,1-2H3/t11-,12+,16-/m1/s1. The van der Waals surface area contributed by atoms with Crippen LogP contribution in [0.3, 0.4) is 0 Å². The fourth-order valence-electron chi connectivity index (χ4n) is 4.70. The van der Waals surface area contributed by atoms with Gasteiger partial charge in [-0.05, 0) is 50.3 Å². The SMILES string of the molecule is C[C@@H]1C[C@@H]2CCCC[C@H]2N1C(=O)c1ccc2c(c1)C(=O)N(C)C2=O. The number of imide groups is 1. The van der Waals surface area contributed by atoms with Gasteiger partial charge in [0.05, 0.1) is 11.1 Å². The summed E-state index contributed by atoms with van der Waals surface area (Å²) >= 11 is 0. The molecule has 2 heterocycles. The van der Waals surface area contributed by atoms with Gasteiger partial charge in [-0.15, -0.1) is 0 Å². The normalized spacial score (nSPS) is 29.0. The molecule has 2 aliphatic heterocycles. The Labute approximate surface area is 141 Å². The van der Waals surface area contributed by atoms with Gasteiger partial charge in [-0.1, -0.05) is 12.8 Å². The molecule has 3 aliphatic rings. The van der Waals surface area contributed by atoms with Gasteiger partial charge in [-0.25, -0.2) is 0 Å². The molecule has 3 amide bonds. The summed E-state index contributed by atoms with van der Waals surface area (Å²) in [6, 6.07) is 5.47. The van der Waals surface area contributed by atoms with Crippen molar-refractivity contribution in [1.29, 1.82) is 0 Å². The van der Waals surface area contributed by atoms with Crippen LogP contribution in [0.4, 0.5) is 0 Å². The summed E-state index contributed by atoms with van der Waals surface area (Å²) in [5.74, 6) is -0.0125. The molecule has 126 valence electrons. The van der Waals surface area contributed by atoms with Crippen molar-refractivity contribution in [3.8, 4) is 0 Å². The smallest absolute Gasteiger partial charge is 0.261 e.